The van der Waals surface area contributed by atoms with Gasteiger partial charge in [-0.05, 0) is 42.5 Å². The van der Waals surface area contributed by atoms with Crippen LogP contribution in [0.25, 0.3) is 0 Å². The lowest BCUT2D eigenvalue weighted by atomic mass is 10.3. The fourth-order valence-electron chi connectivity index (χ4n) is 3.19. The summed E-state index contributed by atoms with van der Waals surface area (Å²) in [6, 6.07) is 35.8. The highest BCUT2D eigenvalue weighted by atomic mass is 31.2. The van der Waals surface area contributed by atoms with Crippen molar-refractivity contribution in [2.75, 3.05) is 20.3 Å². The number of nitro benzene ring substituents is 1. The van der Waals surface area contributed by atoms with E-state index in [1.807, 2.05) is 91.0 Å². The molecule has 7 nitrogen and oxygen atoms in total. The summed E-state index contributed by atoms with van der Waals surface area (Å²) in [5.74, 6) is 0. The van der Waals surface area contributed by atoms with Gasteiger partial charge in [-0.2, -0.15) is 5.09 Å². The fraction of sp³-hybridized carbons (Fsp3) is 0. The van der Waals surface area contributed by atoms with Gasteiger partial charge in [0.05, 0.1) is 22.0 Å². The van der Waals surface area contributed by atoms with Crippen molar-refractivity contribution in [3.8, 4) is 0 Å². The van der Waals surface area contributed by atoms with Gasteiger partial charge in [-0.25, -0.2) is 15.3 Å². The van der Waals surface area contributed by atoms with E-state index < -0.39 is 7.87 Å². The Kier molecular flexibility index (Phi) is 6.49. The predicted molar refractivity (Wildman–Crippen MR) is 134 cm³/mol. The number of nitro groups is 1. The Morgan fingerprint density at radius 2 is 0.906 bits per heavy atom. The third kappa shape index (κ3) is 5.33. The number of rotatable bonds is 9. The van der Waals surface area contributed by atoms with Crippen LogP contribution in [-0.4, -0.2) is 4.92 Å². The van der Waals surface area contributed by atoms with Crippen LogP contribution in [0.4, 0.5) is 28.4 Å². The molecule has 0 unspecified atom stereocenters. The minimum absolute atomic E-state index is 0.00328. The van der Waals surface area contributed by atoms with E-state index in [2.05, 4.69) is 20.3 Å². The summed E-state index contributed by atoms with van der Waals surface area (Å²) in [5, 5.41) is 25.8. The van der Waals surface area contributed by atoms with E-state index in [1.165, 1.54) is 6.07 Å². The maximum Gasteiger partial charge on any atom is 0.395 e. The molecule has 0 bridgehead atoms. The quantitative estimate of drug-likeness (QED) is 0.126. The van der Waals surface area contributed by atoms with Gasteiger partial charge in [0.15, 0.2) is 5.69 Å². The molecule has 0 atom stereocenters. The zero-order valence-corrected chi connectivity index (χ0v) is 18.1. The first-order valence-electron chi connectivity index (χ1n) is 10.0. The molecular weight excluding hydrogens is 421 g/mol. The van der Waals surface area contributed by atoms with Crippen molar-refractivity contribution in [1.82, 2.24) is 0 Å². The Morgan fingerprint density at radius 1 is 0.531 bits per heavy atom. The lowest BCUT2D eigenvalue weighted by molar-refractivity contribution is -0.383. The minimum Gasteiger partial charge on any atom is -0.258 e. The number of para-hydroxylation sites is 5. The van der Waals surface area contributed by atoms with Gasteiger partial charge in [-0.3, -0.25) is 10.1 Å². The van der Waals surface area contributed by atoms with E-state index in [4.69, 9.17) is 0 Å². The highest BCUT2D eigenvalue weighted by molar-refractivity contribution is 7.81. The molecule has 0 saturated heterocycles. The first-order valence-corrected chi connectivity index (χ1v) is 11.8. The van der Waals surface area contributed by atoms with E-state index in [0.29, 0.717) is 5.69 Å². The summed E-state index contributed by atoms with van der Waals surface area (Å²) >= 11 is 0. The zero-order chi connectivity index (χ0) is 22.2. The van der Waals surface area contributed by atoms with Crippen molar-refractivity contribution in [2.45, 2.75) is 0 Å². The normalized spacial score (nSPS) is 10.8. The van der Waals surface area contributed by atoms with Crippen molar-refractivity contribution in [2.24, 2.45) is 0 Å². The van der Waals surface area contributed by atoms with Crippen LogP contribution in [0, 0.1) is 10.1 Å². The molecular formula is C24H23N5O2P+. The van der Waals surface area contributed by atoms with Crippen LogP contribution < -0.4 is 20.3 Å². The first kappa shape index (κ1) is 21.2. The molecule has 0 spiro atoms. The monoisotopic (exact) mass is 444 g/mol. The van der Waals surface area contributed by atoms with Crippen LogP contribution in [0.1, 0.15) is 0 Å². The number of anilines is 4. The van der Waals surface area contributed by atoms with E-state index in [0.717, 1.165) is 17.1 Å². The van der Waals surface area contributed by atoms with Gasteiger partial charge in [0.25, 0.3) is 5.69 Å². The summed E-state index contributed by atoms with van der Waals surface area (Å²) in [7, 11) is -2.75. The Labute approximate surface area is 187 Å². The van der Waals surface area contributed by atoms with Gasteiger partial charge in [-0.15, -0.1) is 0 Å². The summed E-state index contributed by atoms with van der Waals surface area (Å²) in [6.07, 6.45) is 0. The van der Waals surface area contributed by atoms with Crippen LogP contribution in [0.3, 0.4) is 0 Å². The summed E-state index contributed by atoms with van der Waals surface area (Å²) in [6.45, 7) is 0. The van der Waals surface area contributed by atoms with Crippen molar-refractivity contribution < 1.29 is 4.92 Å². The molecule has 4 aromatic rings. The van der Waals surface area contributed by atoms with Crippen LogP contribution in [0.15, 0.2) is 115 Å². The molecule has 0 amide bonds. The lowest BCUT2D eigenvalue weighted by Gasteiger charge is -2.29. The van der Waals surface area contributed by atoms with Gasteiger partial charge in [0, 0.05) is 6.07 Å². The van der Waals surface area contributed by atoms with Gasteiger partial charge in [-0.1, -0.05) is 66.7 Å². The Balaban J connectivity index is 1.81. The molecule has 0 aliphatic carbocycles. The Hall–Kier alpha value is -4.09. The SMILES string of the molecule is O=[N+]([O-])c1ccccc1N[P+](Nc1ccccc1)(Nc1ccccc1)Nc1ccccc1. The number of hydrogen-bond acceptors (Lipinski definition) is 6. The second-order valence-electron chi connectivity index (χ2n) is 6.99. The fourth-order valence-corrected chi connectivity index (χ4v) is 5.69. The molecule has 8 heteroatoms. The topological polar surface area (TPSA) is 91.3 Å². The molecule has 0 aliphatic heterocycles. The van der Waals surface area contributed by atoms with Crippen LogP contribution in [-0.2, 0) is 0 Å². The highest BCUT2D eigenvalue weighted by Gasteiger charge is 2.42. The van der Waals surface area contributed by atoms with Crippen molar-refractivity contribution >= 4 is 36.3 Å². The van der Waals surface area contributed by atoms with Gasteiger partial charge < -0.3 is 0 Å². The molecule has 32 heavy (non-hydrogen) atoms. The van der Waals surface area contributed by atoms with Crippen LogP contribution in [0.2, 0.25) is 0 Å². The van der Waals surface area contributed by atoms with Crippen molar-refractivity contribution in [3.63, 3.8) is 0 Å². The lowest BCUT2D eigenvalue weighted by Crippen LogP contribution is -2.27. The second-order valence-corrected chi connectivity index (χ2v) is 9.23. The average Bonchev–Trinajstić information content (AvgIpc) is 2.81. The van der Waals surface area contributed by atoms with Crippen molar-refractivity contribution in [1.29, 1.82) is 0 Å². The van der Waals surface area contributed by atoms with Gasteiger partial charge in [0.1, 0.15) is 0 Å². The molecule has 160 valence electrons. The molecule has 0 radical (unpaired) electrons. The largest absolute Gasteiger partial charge is 0.395 e. The third-order valence-electron chi connectivity index (χ3n) is 4.60. The summed E-state index contributed by atoms with van der Waals surface area (Å²) in [5.41, 5.74) is 2.98. The molecule has 4 rings (SSSR count). The number of nitrogens with zero attached hydrogens (tertiary/aromatic N) is 1. The van der Waals surface area contributed by atoms with Crippen LogP contribution >= 0.6 is 7.87 Å². The molecule has 0 aromatic heterocycles. The number of nitrogens with one attached hydrogen (secondary N) is 4. The second kappa shape index (κ2) is 9.81. The summed E-state index contributed by atoms with van der Waals surface area (Å²) in [4.78, 5) is 11.3. The third-order valence-corrected chi connectivity index (χ3v) is 6.96. The van der Waals surface area contributed by atoms with E-state index >= 15 is 0 Å². The van der Waals surface area contributed by atoms with E-state index in [-0.39, 0.29) is 10.6 Å². The minimum atomic E-state index is -2.75. The number of hydrogen-bond donors (Lipinski definition) is 4. The number of benzene rings is 4. The predicted octanol–water partition coefficient (Wildman–Crippen LogP) is 7.02. The molecule has 0 aliphatic rings. The highest BCUT2D eigenvalue weighted by Crippen LogP contribution is 2.57. The molecule has 0 heterocycles. The zero-order valence-electron chi connectivity index (χ0n) is 17.2. The molecule has 4 aromatic carbocycles. The Morgan fingerprint density at radius 3 is 1.31 bits per heavy atom. The molecule has 4 N–H and O–H groups in total. The summed E-state index contributed by atoms with van der Waals surface area (Å²) < 4.78 is 0. The standard InChI is InChI=1S/C24H23N5O2P/c30-29(31)24-19-11-10-18-23(24)28-32(25-20-12-4-1-5-13-20,26-21-14-6-2-7-15-21)27-22-16-8-3-9-17-22/h1-19,25-28H/q+1. The van der Waals surface area contributed by atoms with Gasteiger partial charge in [0.2, 0.25) is 0 Å². The maximum absolute atomic E-state index is 11.7. The van der Waals surface area contributed by atoms with E-state index in [1.54, 1.807) is 18.2 Å². The average molecular weight is 444 g/mol. The first-order chi connectivity index (χ1) is 15.6. The van der Waals surface area contributed by atoms with Gasteiger partial charge >= 0.3 is 7.87 Å². The molecule has 0 saturated carbocycles. The molecule has 0 fully saturated rings. The van der Waals surface area contributed by atoms with E-state index in [9.17, 15) is 10.1 Å². The van der Waals surface area contributed by atoms with Crippen molar-refractivity contribution in [3.05, 3.63) is 125 Å². The Bertz CT molecular complexity index is 1060. The van der Waals surface area contributed by atoms with Crippen LogP contribution in [0.5, 0.6) is 0 Å². The maximum atomic E-state index is 11.7. The smallest absolute Gasteiger partial charge is 0.258 e.